The molecule has 0 aliphatic carbocycles. The van der Waals surface area contributed by atoms with E-state index in [-0.39, 0.29) is 5.56 Å². The molecule has 0 aliphatic heterocycles. The van der Waals surface area contributed by atoms with Gasteiger partial charge in [-0.3, -0.25) is 4.79 Å². The lowest BCUT2D eigenvalue weighted by molar-refractivity contribution is -0.263. The van der Waals surface area contributed by atoms with Gasteiger partial charge in [0.15, 0.2) is 5.78 Å². The highest BCUT2D eigenvalue weighted by Crippen LogP contribution is 2.42. The van der Waals surface area contributed by atoms with Crippen molar-refractivity contribution in [2.24, 2.45) is 0 Å². The maximum absolute atomic E-state index is 13.0. The smallest absolute Gasteiger partial charge is 0.358 e. The third kappa shape index (κ3) is 1.82. The zero-order valence-electron chi connectivity index (χ0n) is 8.84. The maximum Gasteiger partial charge on any atom is 0.428 e. The Kier molecular flexibility index (Phi) is 3.38. The molecule has 0 radical (unpaired) electrons. The molecule has 88 valence electrons. The number of carbonyl (C=O) groups excluding carboxylic acids is 1. The van der Waals surface area contributed by atoms with Gasteiger partial charge in [-0.05, 0) is 6.92 Å². The molecule has 0 spiro atoms. The summed E-state index contributed by atoms with van der Waals surface area (Å²) >= 11 is 0. The first-order valence-electron chi connectivity index (χ1n) is 4.54. The van der Waals surface area contributed by atoms with Gasteiger partial charge in [0.1, 0.15) is 0 Å². The second kappa shape index (κ2) is 4.25. The third-order valence-corrected chi connectivity index (χ3v) is 2.38. The van der Waals surface area contributed by atoms with E-state index in [0.717, 1.165) is 14.0 Å². The van der Waals surface area contributed by atoms with Crippen molar-refractivity contribution in [1.82, 2.24) is 0 Å². The zero-order chi connectivity index (χ0) is 12.4. The molecule has 16 heavy (non-hydrogen) atoms. The van der Waals surface area contributed by atoms with Crippen molar-refractivity contribution in [2.45, 2.75) is 18.7 Å². The number of hydrogen-bond acceptors (Lipinski definition) is 2. The fraction of sp³-hybridized carbons (Fsp3) is 0.364. The number of benzene rings is 1. The largest absolute Gasteiger partial charge is 0.428 e. The monoisotopic (exact) mass is 232 g/mol. The SMILES string of the molecule is COC(C(C)=O)(c1ccccc1)C(F)(F)F. The van der Waals surface area contributed by atoms with Gasteiger partial charge in [0.05, 0.1) is 0 Å². The van der Waals surface area contributed by atoms with Crippen LogP contribution in [0.1, 0.15) is 12.5 Å². The average Bonchev–Trinajstić information content (AvgIpc) is 2.18. The molecule has 0 heterocycles. The minimum absolute atomic E-state index is 0.211. The molecule has 0 amide bonds. The summed E-state index contributed by atoms with van der Waals surface area (Å²) in [5, 5.41) is 0. The summed E-state index contributed by atoms with van der Waals surface area (Å²) in [5.41, 5.74) is -3.08. The molecular formula is C11H11F3O2. The van der Waals surface area contributed by atoms with Crippen molar-refractivity contribution in [1.29, 1.82) is 0 Å². The van der Waals surface area contributed by atoms with Crippen LogP contribution in [0.2, 0.25) is 0 Å². The van der Waals surface area contributed by atoms with Crippen molar-refractivity contribution in [3.05, 3.63) is 35.9 Å². The Morgan fingerprint density at radius 1 is 1.19 bits per heavy atom. The molecule has 0 saturated carbocycles. The number of Topliss-reactive ketones (excluding diaryl/α,β-unsaturated/α-hetero) is 1. The number of hydrogen-bond donors (Lipinski definition) is 0. The van der Waals surface area contributed by atoms with Crippen LogP contribution < -0.4 is 0 Å². The number of carbonyl (C=O) groups is 1. The van der Waals surface area contributed by atoms with Crippen LogP contribution in [0.5, 0.6) is 0 Å². The van der Waals surface area contributed by atoms with Crippen molar-refractivity contribution < 1.29 is 22.7 Å². The first kappa shape index (κ1) is 12.7. The fourth-order valence-electron chi connectivity index (χ4n) is 1.62. The van der Waals surface area contributed by atoms with Gasteiger partial charge in [0.2, 0.25) is 5.60 Å². The van der Waals surface area contributed by atoms with Crippen LogP contribution in [-0.4, -0.2) is 19.1 Å². The Morgan fingerprint density at radius 3 is 2.00 bits per heavy atom. The van der Waals surface area contributed by atoms with Gasteiger partial charge in [-0.15, -0.1) is 0 Å². The van der Waals surface area contributed by atoms with Crippen molar-refractivity contribution in [2.75, 3.05) is 7.11 Å². The topological polar surface area (TPSA) is 26.3 Å². The molecule has 1 unspecified atom stereocenters. The highest BCUT2D eigenvalue weighted by molar-refractivity contribution is 5.87. The molecule has 0 saturated heterocycles. The van der Waals surface area contributed by atoms with Crippen LogP contribution in [0, 0.1) is 0 Å². The Morgan fingerprint density at radius 2 is 1.69 bits per heavy atom. The van der Waals surface area contributed by atoms with Gasteiger partial charge >= 0.3 is 6.18 Å². The fourth-order valence-corrected chi connectivity index (χ4v) is 1.62. The quantitative estimate of drug-likeness (QED) is 0.800. The predicted molar refractivity (Wildman–Crippen MR) is 51.9 cm³/mol. The number of halogens is 3. The molecule has 0 N–H and O–H groups in total. The van der Waals surface area contributed by atoms with Crippen molar-refractivity contribution in [3.8, 4) is 0 Å². The van der Waals surface area contributed by atoms with Crippen molar-refractivity contribution in [3.63, 3.8) is 0 Å². The van der Waals surface area contributed by atoms with Crippen LogP contribution in [0.4, 0.5) is 13.2 Å². The van der Waals surface area contributed by atoms with Gasteiger partial charge in [-0.25, -0.2) is 0 Å². The van der Waals surface area contributed by atoms with Gasteiger partial charge in [-0.1, -0.05) is 30.3 Å². The van der Waals surface area contributed by atoms with Gasteiger partial charge in [-0.2, -0.15) is 13.2 Å². The molecule has 2 nitrogen and oxygen atoms in total. The number of methoxy groups -OCH3 is 1. The molecule has 0 aliphatic rings. The number of rotatable bonds is 3. The lowest BCUT2D eigenvalue weighted by atomic mass is 9.89. The van der Waals surface area contributed by atoms with Crippen LogP contribution in [0.25, 0.3) is 0 Å². The van der Waals surface area contributed by atoms with E-state index in [0.29, 0.717) is 0 Å². The number of ketones is 1. The second-order valence-electron chi connectivity index (χ2n) is 3.31. The van der Waals surface area contributed by atoms with Gasteiger partial charge in [0.25, 0.3) is 0 Å². The van der Waals surface area contributed by atoms with E-state index in [4.69, 9.17) is 0 Å². The first-order chi connectivity index (χ1) is 7.36. The van der Waals surface area contributed by atoms with Crippen molar-refractivity contribution >= 4 is 5.78 Å². The third-order valence-electron chi connectivity index (χ3n) is 2.38. The Hall–Kier alpha value is -1.36. The molecule has 1 rings (SSSR count). The lowest BCUT2D eigenvalue weighted by Gasteiger charge is -2.32. The van der Waals surface area contributed by atoms with E-state index >= 15 is 0 Å². The van der Waals surface area contributed by atoms with E-state index < -0.39 is 17.6 Å². The summed E-state index contributed by atoms with van der Waals surface area (Å²) in [6, 6.07) is 6.87. The molecule has 5 heteroatoms. The van der Waals surface area contributed by atoms with E-state index in [9.17, 15) is 18.0 Å². The van der Waals surface area contributed by atoms with E-state index in [2.05, 4.69) is 4.74 Å². The summed E-state index contributed by atoms with van der Waals surface area (Å²) in [6.45, 7) is 0.865. The minimum atomic E-state index is -4.78. The highest BCUT2D eigenvalue weighted by atomic mass is 19.4. The molecule has 0 fully saturated rings. The molecule has 0 aromatic heterocycles. The summed E-state index contributed by atoms with van der Waals surface area (Å²) in [7, 11) is 0.877. The Balaban J connectivity index is 3.42. The Labute approximate surface area is 91.0 Å². The normalized spacial score (nSPS) is 15.6. The lowest BCUT2D eigenvalue weighted by Crippen LogP contribution is -2.49. The number of ether oxygens (including phenoxy) is 1. The van der Waals surface area contributed by atoms with E-state index in [1.165, 1.54) is 24.3 Å². The summed E-state index contributed by atoms with van der Waals surface area (Å²) < 4.78 is 43.4. The zero-order valence-corrected chi connectivity index (χ0v) is 8.84. The molecule has 1 aromatic carbocycles. The van der Waals surface area contributed by atoms with Crippen LogP contribution in [0.15, 0.2) is 30.3 Å². The molecule has 0 bridgehead atoms. The summed E-state index contributed by atoms with van der Waals surface area (Å²) in [4.78, 5) is 11.3. The van der Waals surface area contributed by atoms with Crippen LogP contribution >= 0.6 is 0 Å². The van der Waals surface area contributed by atoms with E-state index in [1.54, 1.807) is 6.07 Å². The summed E-state index contributed by atoms with van der Waals surface area (Å²) in [6.07, 6.45) is -4.78. The van der Waals surface area contributed by atoms with Gasteiger partial charge in [0, 0.05) is 12.7 Å². The van der Waals surface area contributed by atoms with Crippen LogP contribution in [0.3, 0.4) is 0 Å². The average molecular weight is 232 g/mol. The maximum atomic E-state index is 13.0. The standard InChI is InChI=1S/C11H11F3O2/c1-8(15)10(16-2,11(12,13)14)9-6-4-3-5-7-9/h3-7H,1-2H3. The predicted octanol–water partition coefficient (Wildman–Crippen LogP) is 2.68. The minimum Gasteiger partial charge on any atom is -0.358 e. The first-order valence-corrected chi connectivity index (χ1v) is 4.54. The number of alkyl halides is 3. The molecule has 1 aromatic rings. The summed E-state index contributed by atoms with van der Waals surface area (Å²) in [5.74, 6) is -1.09. The molecular weight excluding hydrogens is 221 g/mol. The Bertz CT molecular complexity index is 373. The van der Waals surface area contributed by atoms with E-state index in [1.807, 2.05) is 0 Å². The second-order valence-corrected chi connectivity index (χ2v) is 3.31. The highest BCUT2D eigenvalue weighted by Gasteiger charge is 2.60. The van der Waals surface area contributed by atoms with Gasteiger partial charge < -0.3 is 4.74 Å². The molecule has 1 atom stereocenters. The van der Waals surface area contributed by atoms with Crippen LogP contribution in [-0.2, 0) is 15.1 Å².